The van der Waals surface area contributed by atoms with Crippen LogP contribution in [0, 0.1) is 0 Å². The monoisotopic (exact) mass is 389 g/mol. The van der Waals surface area contributed by atoms with E-state index in [1.54, 1.807) is 6.20 Å². The van der Waals surface area contributed by atoms with Gasteiger partial charge >= 0.3 is 0 Å². The summed E-state index contributed by atoms with van der Waals surface area (Å²) >= 11 is 0. The Morgan fingerprint density at radius 2 is 1.40 bits per heavy atom. The summed E-state index contributed by atoms with van der Waals surface area (Å²) in [6, 6.07) is 33.7. The van der Waals surface area contributed by atoms with Crippen LogP contribution >= 0.6 is 0 Å². The molecule has 0 bridgehead atoms. The third kappa shape index (κ3) is 3.35. The molecule has 4 aromatic carbocycles. The van der Waals surface area contributed by atoms with Gasteiger partial charge < -0.3 is 5.32 Å². The van der Waals surface area contributed by atoms with Crippen LogP contribution in [-0.4, -0.2) is 15.7 Å². The van der Waals surface area contributed by atoms with E-state index in [-0.39, 0.29) is 5.91 Å². The second kappa shape index (κ2) is 7.68. The quantitative estimate of drug-likeness (QED) is 0.413. The van der Waals surface area contributed by atoms with Crippen molar-refractivity contribution in [3.05, 3.63) is 115 Å². The van der Waals surface area contributed by atoms with Gasteiger partial charge in [-0.1, -0.05) is 78.9 Å². The van der Waals surface area contributed by atoms with E-state index in [9.17, 15) is 4.79 Å². The van der Waals surface area contributed by atoms with Crippen molar-refractivity contribution in [1.29, 1.82) is 0 Å². The number of nitrogens with zero attached hydrogens (tertiary/aromatic N) is 2. The molecule has 144 valence electrons. The Morgan fingerprint density at radius 1 is 0.733 bits per heavy atom. The van der Waals surface area contributed by atoms with E-state index in [0.717, 1.165) is 33.4 Å². The molecule has 1 N–H and O–H groups in total. The zero-order valence-electron chi connectivity index (χ0n) is 16.2. The summed E-state index contributed by atoms with van der Waals surface area (Å²) in [5.74, 6) is -0.189. The predicted molar refractivity (Wildman–Crippen MR) is 121 cm³/mol. The Balaban J connectivity index is 1.56. The molecular formula is C26H19N3O. The van der Waals surface area contributed by atoms with Gasteiger partial charge in [-0.05, 0) is 35.0 Å². The standard InChI is InChI=1S/C26H19N3O/c30-26(28-22-16-15-19-9-7-8-12-21(19)17-22)24-18-27-29(23-13-5-2-6-14-23)25(24)20-10-3-1-4-11-20/h1-18H,(H,28,30). The highest BCUT2D eigenvalue weighted by Gasteiger charge is 2.20. The normalized spacial score (nSPS) is 10.8. The molecule has 0 radical (unpaired) electrons. The maximum atomic E-state index is 13.2. The van der Waals surface area contributed by atoms with E-state index in [4.69, 9.17) is 0 Å². The molecule has 0 aliphatic carbocycles. The second-order valence-corrected chi connectivity index (χ2v) is 7.04. The molecule has 4 nitrogen and oxygen atoms in total. The molecule has 1 amide bonds. The Labute approximate surface area is 174 Å². The van der Waals surface area contributed by atoms with Crippen molar-refractivity contribution in [3.63, 3.8) is 0 Å². The predicted octanol–water partition coefficient (Wildman–Crippen LogP) is 5.94. The zero-order chi connectivity index (χ0) is 20.3. The minimum absolute atomic E-state index is 0.189. The van der Waals surface area contributed by atoms with Crippen LogP contribution in [0.2, 0.25) is 0 Å². The maximum absolute atomic E-state index is 13.2. The van der Waals surface area contributed by atoms with Crippen LogP contribution in [0.4, 0.5) is 5.69 Å². The van der Waals surface area contributed by atoms with E-state index in [2.05, 4.69) is 16.5 Å². The van der Waals surface area contributed by atoms with Crippen LogP contribution in [0.5, 0.6) is 0 Å². The smallest absolute Gasteiger partial charge is 0.259 e. The van der Waals surface area contributed by atoms with Gasteiger partial charge in [-0.25, -0.2) is 4.68 Å². The van der Waals surface area contributed by atoms with Crippen molar-refractivity contribution in [2.45, 2.75) is 0 Å². The molecule has 0 aliphatic rings. The number of amides is 1. The summed E-state index contributed by atoms with van der Waals surface area (Å²) < 4.78 is 1.81. The van der Waals surface area contributed by atoms with Gasteiger partial charge in [0.05, 0.1) is 23.1 Å². The molecular weight excluding hydrogens is 370 g/mol. The van der Waals surface area contributed by atoms with Crippen LogP contribution in [0.15, 0.2) is 109 Å². The highest BCUT2D eigenvalue weighted by Crippen LogP contribution is 2.28. The summed E-state index contributed by atoms with van der Waals surface area (Å²) in [6.45, 7) is 0. The van der Waals surface area contributed by atoms with E-state index < -0.39 is 0 Å². The lowest BCUT2D eigenvalue weighted by Gasteiger charge is -2.11. The third-order valence-corrected chi connectivity index (χ3v) is 5.07. The van der Waals surface area contributed by atoms with Gasteiger partial charge in [-0.15, -0.1) is 0 Å². The van der Waals surface area contributed by atoms with Crippen molar-refractivity contribution < 1.29 is 4.79 Å². The Morgan fingerprint density at radius 3 is 2.17 bits per heavy atom. The average Bonchev–Trinajstić information content (AvgIpc) is 3.26. The minimum Gasteiger partial charge on any atom is -0.322 e. The fourth-order valence-corrected chi connectivity index (χ4v) is 3.62. The Hall–Kier alpha value is -4.18. The molecule has 0 spiro atoms. The molecule has 5 rings (SSSR count). The topological polar surface area (TPSA) is 46.9 Å². The van der Waals surface area contributed by atoms with E-state index >= 15 is 0 Å². The van der Waals surface area contributed by atoms with Gasteiger partial charge in [0.2, 0.25) is 0 Å². The first-order valence-electron chi connectivity index (χ1n) is 9.78. The molecule has 0 saturated carbocycles. The number of carbonyl (C=O) groups excluding carboxylic acids is 1. The van der Waals surface area contributed by atoms with Gasteiger partial charge in [0.15, 0.2) is 0 Å². The summed E-state index contributed by atoms with van der Waals surface area (Å²) in [5, 5.41) is 9.78. The van der Waals surface area contributed by atoms with Gasteiger partial charge in [-0.3, -0.25) is 4.79 Å². The van der Waals surface area contributed by atoms with Gasteiger partial charge in [0.25, 0.3) is 5.91 Å². The summed E-state index contributed by atoms with van der Waals surface area (Å²) in [5.41, 5.74) is 3.88. The fourth-order valence-electron chi connectivity index (χ4n) is 3.62. The van der Waals surface area contributed by atoms with Crippen molar-refractivity contribution in [2.75, 3.05) is 5.32 Å². The lowest BCUT2D eigenvalue weighted by atomic mass is 10.1. The molecule has 0 aliphatic heterocycles. The highest BCUT2D eigenvalue weighted by atomic mass is 16.1. The molecule has 5 aromatic rings. The van der Waals surface area contributed by atoms with Gasteiger partial charge in [0, 0.05) is 11.3 Å². The summed E-state index contributed by atoms with van der Waals surface area (Å²) in [6.07, 6.45) is 1.63. The number of rotatable bonds is 4. The number of fused-ring (bicyclic) bond motifs is 1. The Bertz CT molecular complexity index is 1320. The van der Waals surface area contributed by atoms with E-state index in [1.807, 2.05) is 102 Å². The van der Waals surface area contributed by atoms with Gasteiger partial charge in [-0.2, -0.15) is 5.10 Å². The largest absolute Gasteiger partial charge is 0.322 e. The maximum Gasteiger partial charge on any atom is 0.259 e. The van der Waals surface area contributed by atoms with Crippen molar-refractivity contribution in [1.82, 2.24) is 9.78 Å². The number of hydrogen-bond acceptors (Lipinski definition) is 2. The molecule has 1 heterocycles. The summed E-state index contributed by atoms with van der Waals surface area (Å²) in [4.78, 5) is 13.2. The Kier molecular flexibility index (Phi) is 4.58. The number of carbonyl (C=O) groups is 1. The lowest BCUT2D eigenvalue weighted by Crippen LogP contribution is -2.13. The SMILES string of the molecule is O=C(Nc1ccc2ccccc2c1)c1cnn(-c2ccccc2)c1-c1ccccc1. The third-order valence-electron chi connectivity index (χ3n) is 5.07. The van der Waals surface area contributed by atoms with E-state index in [1.165, 1.54) is 0 Å². The average molecular weight is 389 g/mol. The second-order valence-electron chi connectivity index (χ2n) is 7.04. The number of para-hydroxylation sites is 1. The molecule has 0 saturated heterocycles. The number of anilines is 1. The van der Waals surface area contributed by atoms with Crippen LogP contribution in [-0.2, 0) is 0 Å². The first-order valence-corrected chi connectivity index (χ1v) is 9.78. The fraction of sp³-hybridized carbons (Fsp3) is 0. The van der Waals surface area contributed by atoms with Crippen LogP contribution < -0.4 is 5.32 Å². The lowest BCUT2D eigenvalue weighted by molar-refractivity contribution is 0.102. The molecule has 4 heteroatoms. The van der Waals surface area contributed by atoms with Crippen molar-refractivity contribution >= 4 is 22.4 Å². The first-order chi connectivity index (χ1) is 14.8. The highest BCUT2D eigenvalue weighted by molar-refractivity contribution is 6.09. The number of benzene rings is 4. The number of hydrogen-bond donors (Lipinski definition) is 1. The van der Waals surface area contributed by atoms with Crippen molar-refractivity contribution in [2.24, 2.45) is 0 Å². The first kappa shape index (κ1) is 17.9. The van der Waals surface area contributed by atoms with Crippen LogP contribution in [0.1, 0.15) is 10.4 Å². The molecule has 0 atom stereocenters. The van der Waals surface area contributed by atoms with Crippen LogP contribution in [0.3, 0.4) is 0 Å². The molecule has 0 fully saturated rings. The van der Waals surface area contributed by atoms with Crippen LogP contribution in [0.25, 0.3) is 27.7 Å². The molecule has 30 heavy (non-hydrogen) atoms. The molecule has 1 aromatic heterocycles. The molecule has 0 unspecified atom stereocenters. The summed E-state index contributed by atoms with van der Waals surface area (Å²) in [7, 11) is 0. The number of nitrogens with one attached hydrogen (secondary N) is 1. The van der Waals surface area contributed by atoms with E-state index in [0.29, 0.717) is 5.56 Å². The van der Waals surface area contributed by atoms with Gasteiger partial charge in [0.1, 0.15) is 0 Å². The zero-order valence-corrected chi connectivity index (χ0v) is 16.2. The van der Waals surface area contributed by atoms with Crippen molar-refractivity contribution in [3.8, 4) is 16.9 Å². The number of aromatic nitrogens is 2. The minimum atomic E-state index is -0.189.